The molecule has 0 bridgehead atoms. The number of amides is 1. The molecule has 0 radical (unpaired) electrons. The molecule has 0 spiro atoms. The minimum atomic E-state index is -1.14. The number of ether oxygens (including phenoxy) is 1. The first-order valence-corrected chi connectivity index (χ1v) is 7.89. The van der Waals surface area contributed by atoms with E-state index in [0.29, 0.717) is 10.8 Å². The van der Waals surface area contributed by atoms with Crippen molar-refractivity contribution >= 4 is 33.4 Å². The van der Waals surface area contributed by atoms with Crippen molar-refractivity contribution in [3.05, 3.63) is 42.2 Å². The van der Waals surface area contributed by atoms with Crippen molar-refractivity contribution in [1.82, 2.24) is 10.3 Å². The Labute approximate surface area is 140 Å². The van der Waals surface area contributed by atoms with Crippen molar-refractivity contribution in [3.63, 3.8) is 0 Å². The Bertz CT molecular complexity index is 852. The fourth-order valence-electron chi connectivity index (χ4n) is 2.10. The first kappa shape index (κ1) is 16.2. The van der Waals surface area contributed by atoms with Gasteiger partial charge < -0.3 is 19.6 Å². The second kappa shape index (κ2) is 6.81. The van der Waals surface area contributed by atoms with Crippen LogP contribution in [0.2, 0.25) is 0 Å². The van der Waals surface area contributed by atoms with Crippen LogP contribution in [0.4, 0.5) is 0 Å². The van der Waals surface area contributed by atoms with Gasteiger partial charge in [-0.1, -0.05) is 12.1 Å². The molecule has 2 aromatic heterocycles. The van der Waals surface area contributed by atoms with Gasteiger partial charge in [-0.25, -0.2) is 9.78 Å². The standard InChI is InChI=1S/C16H14N2O5S/c1-22-16(21)10(8-19)17-14(20)11-6-7-12(23-11)15-18-9-4-2-3-5-13(9)24-15/h2-7,10,19H,8H2,1H3,(H,17,20)/t10-/m1/s1. The zero-order chi connectivity index (χ0) is 17.1. The molecule has 1 atom stereocenters. The highest BCUT2D eigenvalue weighted by Gasteiger charge is 2.23. The summed E-state index contributed by atoms with van der Waals surface area (Å²) in [6.07, 6.45) is 0. The number of carbonyl (C=O) groups is 2. The molecule has 3 rings (SSSR count). The van der Waals surface area contributed by atoms with E-state index < -0.39 is 24.5 Å². The van der Waals surface area contributed by atoms with Crippen LogP contribution in [0.1, 0.15) is 10.6 Å². The summed E-state index contributed by atoms with van der Waals surface area (Å²) in [5, 5.41) is 12.1. The number of carbonyl (C=O) groups excluding carboxylic acids is 2. The fourth-order valence-corrected chi connectivity index (χ4v) is 3.03. The van der Waals surface area contributed by atoms with Crippen LogP contribution in [0.5, 0.6) is 0 Å². The van der Waals surface area contributed by atoms with Crippen LogP contribution in [-0.2, 0) is 9.53 Å². The van der Waals surface area contributed by atoms with E-state index in [-0.39, 0.29) is 5.76 Å². The smallest absolute Gasteiger partial charge is 0.330 e. The molecule has 3 aromatic rings. The van der Waals surface area contributed by atoms with Crippen molar-refractivity contribution in [2.75, 3.05) is 13.7 Å². The Morgan fingerprint density at radius 3 is 2.83 bits per heavy atom. The molecule has 0 fully saturated rings. The van der Waals surface area contributed by atoms with Gasteiger partial charge in [-0.2, -0.15) is 0 Å². The predicted octanol–water partition coefficient (Wildman–Crippen LogP) is 1.82. The molecule has 1 amide bonds. The highest BCUT2D eigenvalue weighted by Crippen LogP contribution is 2.31. The van der Waals surface area contributed by atoms with Crippen LogP contribution in [0, 0.1) is 0 Å². The summed E-state index contributed by atoms with van der Waals surface area (Å²) in [6, 6.07) is 9.66. The number of rotatable bonds is 5. The van der Waals surface area contributed by atoms with Gasteiger partial charge in [0.1, 0.15) is 0 Å². The van der Waals surface area contributed by atoms with Crippen LogP contribution >= 0.6 is 11.3 Å². The average Bonchev–Trinajstić information content (AvgIpc) is 3.24. The SMILES string of the molecule is COC(=O)[C@@H](CO)NC(=O)c1ccc(-c2nc3ccccc3s2)o1. The number of furan rings is 1. The van der Waals surface area contributed by atoms with Crippen molar-refractivity contribution in [1.29, 1.82) is 0 Å². The summed E-state index contributed by atoms with van der Waals surface area (Å²) in [6.45, 7) is -0.566. The quantitative estimate of drug-likeness (QED) is 0.683. The number of fused-ring (bicyclic) bond motifs is 1. The second-order valence-corrected chi connectivity index (χ2v) is 5.91. The molecule has 124 valence electrons. The van der Waals surface area contributed by atoms with Gasteiger partial charge in [0.05, 0.1) is 23.9 Å². The Balaban J connectivity index is 1.79. The first-order valence-electron chi connectivity index (χ1n) is 7.07. The number of esters is 1. The second-order valence-electron chi connectivity index (χ2n) is 4.88. The lowest BCUT2D eigenvalue weighted by Gasteiger charge is -2.12. The number of methoxy groups -OCH3 is 1. The molecule has 0 saturated heterocycles. The molecular weight excluding hydrogens is 332 g/mol. The molecule has 8 heteroatoms. The van der Waals surface area contributed by atoms with E-state index in [2.05, 4.69) is 15.0 Å². The summed E-state index contributed by atoms with van der Waals surface area (Å²) in [4.78, 5) is 28.0. The van der Waals surface area contributed by atoms with Crippen molar-refractivity contribution in [2.24, 2.45) is 0 Å². The van der Waals surface area contributed by atoms with Crippen molar-refractivity contribution in [3.8, 4) is 10.8 Å². The summed E-state index contributed by atoms with van der Waals surface area (Å²) < 4.78 is 11.0. The molecule has 1 aromatic carbocycles. The summed E-state index contributed by atoms with van der Waals surface area (Å²) >= 11 is 1.45. The number of benzene rings is 1. The molecule has 2 N–H and O–H groups in total. The number of nitrogens with zero attached hydrogens (tertiary/aromatic N) is 1. The Hall–Kier alpha value is -2.71. The maximum atomic E-state index is 12.1. The number of thiazole rings is 1. The zero-order valence-corrected chi connectivity index (χ0v) is 13.5. The van der Waals surface area contributed by atoms with Crippen LogP contribution in [-0.4, -0.2) is 41.7 Å². The predicted molar refractivity (Wildman–Crippen MR) is 87.7 cm³/mol. The van der Waals surface area contributed by atoms with Crippen molar-refractivity contribution < 1.29 is 23.8 Å². The topological polar surface area (TPSA) is 102 Å². The zero-order valence-electron chi connectivity index (χ0n) is 12.7. The van der Waals surface area contributed by atoms with Gasteiger partial charge in [0.15, 0.2) is 22.6 Å². The molecule has 0 aliphatic heterocycles. The van der Waals surface area contributed by atoms with Gasteiger partial charge in [0.25, 0.3) is 5.91 Å². The lowest BCUT2D eigenvalue weighted by atomic mass is 10.3. The highest BCUT2D eigenvalue weighted by atomic mass is 32.1. The van der Waals surface area contributed by atoms with Crippen molar-refractivity contribution in [2.45, 2.75) is 6.04 Å². The summed E-state index contributed by atoms with van der Waals surface area (Å²) in [7, 11) is 1.18. The number of hydrogen-bond donors (Lipinski definition) is 2. The normalized spacial score (nSPS) is 12.1. The largest absolute Gasteiger partial charge is 0.467 e. The van der Waals surface area contributed by atoms with Gasteiger partial charge in [-0.15, -0.1) is 11.3 Å². The van der Waals surface area contributed by atoms with E-state index in [1.54, 1.807) is 6.07 Å². The third-order valence-electron chi connectivity index (χ3n) is 3.31. The van der Waals surface area contributed by atoms with Gasteiger partial charge in [-0.05, 0) is 24.3 Å². The fraction of sp³-hybridized carbons (Fsp3) is 0.188. The Morgan fingerprint density at radius 1 is 1.33 bits per heavy atom. The Morgan fingerprint density at radius 2 is 2.12 bits per heavy atom. The molecule has 0 saturated carbocycles. The first-order chi connectivity index (χ1) is 11.6. The minimum absolute atomic E-state index is 0.0200. The molecular formula is C16H14N2O5S. The van der Waals surface area contributed by atoms with E-state index in [4.69, 9.17) is 9.52 Å². The van der Waals surface area contributed by atoms with E-state index >= 15 is 0 Å². The number of aromatic nitrogens is 1. The van der Waals surface area contributed by atoms with E-state index in [9.17, 15) is 9.59 Å². The average molecular weight is 346 g/mol. The highest BCUT2D eigenvalue weighted by molar-refractivity contribution is 7.21. The van der Waals surface area contributed by atoms with Crippen LogP contribution in [0.3, 0.4) is 0 Å². The monoisotopic (exact) mass is 346 g/mol. The molecule has 0 aliphatic carbocycles. The number of nitrogens with one attached hydrogen (secondary N) is 1. The molecule has 0 unspecified atom stereocenters. The lowest BCUT2D eigenvalue weighted by Crippen LogP contribution is -2.43. The molecule has 7 nitrogen and oxygen atoms in total. The van der Waals surface area contributed by atoms with Crippen LogP contribution < -0.4 is 5.32 Å². The number of para-hydroxylation sites is 1. The molecule has 0 aliphatic rings. The van der Waals surface area contributed by atoms with Gasteiger partial charge in [0, 0.05) is 0 Å². The maximum Gasteiger partial charge on any atom is 0.330 e. The maximum absolute atomic E-state index is 12.1. The van der Waals surface area contributed by atoms with E-state index in [0.717, 1.165) is 10.2 Å². The molecule has 2 heterocycles. The summed E-state index contributed by atoms with van der Waals surface area (Å²) in [5.74, 6) is -0.873. The molecule has 24 heavy (non-hydrogen) atoms. The third kappa shape index (κ3) is 3.15. The van der Waals surface area contributed by atoms with E-state index in [1.807, 2.05) is 24.3 Å². The summed E-state index contributed by atoms with van der Waals surface area (Å²) in [5.41, 5.74) is 0.853. The number of aliphatic hydroxyl groups excluding tert-OH is 1. The van der Waals surface area contributed by atoms with Crippen LogP contribution in [0.25, 0.3) is 21.0 Å². The van der Waals surface area contributed by atoms with Gasteiger partial charge >= 0.3 is 5.97 Å². The Kier molecular flexibility index (Phi) is 4.59. The number of hydrogen-bond acceptors (Lipinski definition) is 7. The van der Waals surface area contributed by atoms with Gasteiger partial charge in [0.2, 0.25) is 0 Å². The minimum Gasteiger partial charge on any atom is -0.467 e. The van der Waals surface area contributed by atoms with Crippen LogP contribution in [0.15, 0.2) is 40.8 Å². The lowest BCUT2D eigenvalue weighted by molar-refractivity contribution is -0.143. The third-order valence-corrected chi connectivity index (χ3v) is 4.36. The van der Waals surface area contributed by atoms with E-state index in [1.165, 1.54) is 24.5 Å². The van der Waals surface area contributed by atoms with Gasteiger partial charge in [-0.3, -0.25) is 4.79 Å². The number of aliphatic hydroxyl groups is 1.